The molecular weight excluding hydrogens is 132 g/mol. The normalized spacial score (nSPS) is 14.7. The van der Waals surface area contributed by atoms with Gasteiger partial charge in [0.1, 0.15) is 0 Å². The highest BCUT2D eigenvalue weighted by molar-refractivity contribution is 8.00. The number of anilines is 1. The molecule has 1 N–H and O–H groups in total. The van der Waals surface area contributed by atoms with Crippen molar-refractivity contribution in [2.24, 2.45) is 0 Å². The molecule has 2 rings (SSSR count). The predicted octanol–water partition coefficient (Wildman–Crippen LogP) is 1.66. The minimum absolute atomic E-state index is 0.996. The number of nitrogens with zero attached hydrogens (tertiary/aromatic N) is 1. The lowest BCUT2D eigenvalue weighted by atomic mass is 10.3. The van der Waals surface area contributed by atoms with E-state index in [9.17, 15) is 0 Å². The Kier molecular flexibility index (Phi) is 1.09. The lowest BCUT2D eigenvalue weighted by molar-refractivity contribution is 1.20. The van der Waals surface area contributed by atoms with Crippen LogP contribution in [0.1, 0.15) is 5.69 Å². The summed E-state index contributed by atoms with van der Waals surface area (Å²) in [6.45, 7) is 0. The first kappa shape index (κ1) is 5.11. The summed E-state index contributed by atoms with van der Waals surface area (Å²) in [5.41, 5.74) is 2.34. The van der Waals surface area contributed by atoms with Crippen molar-refractivity contribution >= 4 is 17.6 Å². The van der Waals surface area contributed by atoms with E-state index in [4.69, 9.17) is 0 Å². The minimum atomic E-state index is 0.996. The van der Waals surface area contributed by atoms with Gasteiger partial charge < -0.3 is 4.72 Å². The van der Waals surface area contributed by atoms with Crippen molar-refractivity contribution < 1.29 is 0 Å². The van der Waals surface area contributed by atoms with E-state index in [0.29, 0.717) is 0 Å². The van der Waals surface area contributed by atoms with Gasteiger partial charge in [-0.3, -0.25) is 4.98 Å². The van der Waals surface area contributed by atoms with Crippen LogP contribution in [0.4, 0.5) is 5.69 Å². The lowest BCUT2D eigenvalue weighted by Gasteiger charge is -1.92. The van der Waals surface area contributed by atoms with Crippen LogP contribution < -0.4 is 4.72 Å². The Morgan fingerprint density at radius 3 is 3.56 bits per heavy atom. The maximum absolute atomic E-state index is 4.18. The molecule has 0 aromatic carbocycles. The Hall–Kier alpha value is -0.700. The molecule has 0 bridgehead atoms. The van der Waals surface area contributed by atoms with Crippen LogP contribution in [0, 0.1) is 0 Å². The molecular formula is C6H6N2S. The molecule has 1 aromatic rings. The fraction of sp³-hybridized carbons (Fsp3) is 0.167. The van der Waals surface area contributed by atoms with E-state index in [2.05, 4.69) is 9.71 Å². The van der Waals surface area contributed by atoms with Crippen molar-refractivity contribution in [1.82, 2.24) is 4.98 Å². The van der Waals surface area contributed by atoms with Crippen LogP contribution in [-0.2, 0) is 5.75 Å². The molecule has 2 nitrogen and oxygen atoms in total. The molecule has 0 unspecified atom stereocenters. The zero-order valence-corrected chi connectivity index (χ0v) is 5.61. The molecule has 0 radical (unpaired) electrons. The third kappa shape index (κ3) is 0.772. The number of nitrogens with one attached hydrogen (secondary N) is 1. The number of fused-ring (bicyclic) bond motifs is 1. The van der Waals surface area contributed by atoms with E-state index in [1.807, 2.05) is 18.3 Å². The van der Waals surface area contributed by atoms with E-state index in [0.717, 1.165) is 5.75 Å². The van der Waals surface area contributed by atoms with E-state index in [1.165, 1.54) is 11.4 Å². The van der Waals surface area contributed by atoms with E-state index in [1.54, 1.807) is 11.9 Å². The van der Waals surface area contributed by atoms with Crippen molar-refractivity contribution in [1.29, 1.82) is 0 Å². The summed E-state index contributed by atoms with van der Waals surface area (Å²) in [4.78, 5) is 4.18. The fourth-order valence-corrected chi connectivity index (χ4v) is 1.61. The monoisotopic (exact) mass is 138 g/mol. The van der Waals surface area contributed by atoms with E-state index in [-0.39, 0.29) is 0 Å². The maximum atomic E-state index is 4.18. The Morgan fingerprint density at radius 2 is 2.67 bits per heavy atom. The highest BCUT2D eigenvalue weighted by Crippen LogP contribution is 2.27. The SMILES string of the molecule is c1cnc2c(c1)NSC2. The zero-order valence-electron chi connectivity index (χ0n) is 4.79. The summed E-state index contributed by atoms with van der Waals surface area (Å²) in [7, 11) is 0. The molecule has 0 fully saturated rings. The molecule has 1 aliphatic rings. The van der Waals surface area contributed by atoms with Crippen molar-refractivity contribution in [2.45, 2.75) is 5.75 Å². The highest BCUT2D eigenvalue weighted by Gasteiger charge is 2.08. The van der Waals surface area contributed by atoms with Gasteiger partial charge in [-0.05, 0) is 24.1 Å². The lowest BCUT2D eigenvalue weighted by Crippen LogP contribution is -1.81. The van der Waals surface area contributed by atoms with Gasteiger partial charge in [0.2, 0.25) is 0 Å². The quantitative estimate of drug-likeness (QED) is 0.552. The van der Waals surface area contributed by atoms with E-state index < -0.39 is 0 Å². The molecule has 1 aliphatic heterocycles. The second-order valence-corrected chi connectivity index (χ2v) is 2.67. The Labute approximate surface area is 57.8 Å². The molecule has 0 atom stereocenters. The maximum Gasteiger partial charge on any atom is 0.0759 e. The van der Waals surface area contributed by atoms with Crippen molar-refractivity contribution in [3.63, 3.8) is 0 Å². The van der Waals surface area contributed by atoms with Crippen molar-refractivity contribution in [2.75, 3.05) is 4.72 Å². The number of hydrogen-bond acceptors (Lipinski definition) is 3. The Bertz CT molecular complexity index is 201. The average Bonchev–Trinajstić information content (AvgIpc) is 2.33. The third-order valence-electron chi connectivity index (χ3n) is 1.28. The van der Waals surface area contributed by atoms with Gasteiger partial charge in [0, 0.05) is 6.20 Å². The van der Waals surface area contributed by atoms with Crippen molar-refractivity contribution in [3.05, 3.63) is 24.0 Å². The first-order valence-corrected chi connectivity index (χ1v) is 3.77. The summed E-state index contributed by atoms with van der Waals surface area (Å²) in [6, 6.07) is 3.99. The Morgan fingerprint density at radius 1 is 1.67 bits per heavy atom. The first-order chi connectivity index (χ1) is 4.47. The standard InChI is InChI=1S/C6H6N2S/c1-2-5-6(7-3-1)4-9-8-5/h1-3,8H,4H2. The van der Waals surface area contributed by atoms with Crippen molar-refractivity contribution in [3.8, 4) is 0 Å². The van der Waals surface area contributed by atoms with Gasteiger partial charge in [-0.2, -0.15) is 0 Å². The molecule has 0 saturated carbocycles. The van der Waals surface area contributed by atoms with Crippen LogP contribution in [0.25, 0.3) is 0 Å². The van der Waals surface area contributed by atoms with Gasteiger partial charge >= 0.3 is 0 Å². The molecule has 0 amide bonds. The molecule has 9 heavy (non-hydrogen) atoms. The van der Waals surface area contributed by atoms with Crippen LogP contribution in [0.2, 0.25) is 0 Å². The molecule has 2 heterocycles. The summed E-state index contributed by atoms with van der Waals surface area (Å²) in [5.74, 6) is 0.996. The van der Waals surface area contributed by atoms with Crippen LogP contribution in [0.5, 0.6) is 0 Å². The number of aromatic nitrogens is 1. The average molecular weight is 138 g/mol. The summed E-state index contributed by atoms with van der Waals surface area (Å²) in [5, 5.41) is 0. The summed E-state index contributed by atoms with van der Waals surface area (Å²) >= 11 is 1.69. The predicted molar refractivity (Wildman–Crippen MR) is 39.2 cm³/mol. The molecule has 0 aliphatic carbocycles. The second-order valence-electron chi connectivity index (χ2n) is 1.89. The van der Waals surface area contributed by atoms with Crippen LogP contribution >= 0.6 is 11.9 Å². The highest BCUT2D eigenvalue weighted by atomic mass is 32.2. The summed E-state index contributed by atoms with van der Waals surface area (Å²) < 4.78 is 3.15. The van der Waals surface area contributed by atoms with Crippen LogP contribution in [0.3, 0.4) is 0 Å². The van der Waals surface area contributed by atoms with Crippen LogP contribution in [-0.4, -0.2) is 4.98 Å². The van der Waals surface area contributed by atoms with Gasteiger partial charge in [-0.1, -0.05) is 0 Å². The number of rotatable bonds is 0. The molecule has 1 aromatic heterocycles. The number of pyridine rings is 1. The topological polar surface area (TPSA) is 24.9 Å². The minimum Gasteiger partial charge on any atom is -0.328 e. The molecule has 0 spiro atoms. The van der Waals surface area contributed by atoms with Gasteiger partial charge in [-0.25, -0.2) is 0 Å². The fourth-order valence-electron chi connectivity index (χ4n) is 0.828. The first-order valence-electron chi connectivity index (χ1n) is 2.78. The smallest absolute Gasteiger partial charge is 0.0759 e. The summed E-state index contributed by atoms with van der Waals surface area (Å²) in [6.07, 6.45) is 1.83. The van der Waals surface area contributed by atoms with Gasteiger partial charge in [0.15, 0.2) is 0 Å². The van der Waals surface area contributed by atoms with Crippen LogP contribution in [0.15, 0.2) is 18.3 Å². The Balaban J connectivity index is 2.54. The third-order valence-corrected chi connectivity index (χ3v) is 2.06. The second kappa shape index (κ2) is 1.92. The van der Waals surface area contributed by atoms with Gasteiger partial charge in [0.25, 0.3) is 0 Å². The van der Waals surface area contributed by atoms with E-state index >= 15 is 0 Å². The van der Waals surface area contributed by atoms with Gasteiger partial charge in [-0.15, -0.1) is 0 Å². The largest absolute Gasteiger partial charge is 0.328 e. The van der Waals surface area contributed by atoms with Gasteiger partial charge in [0.05, 0.1) is 17.1 Å². The molecule has 46 valence electrons. The molecule has 0 saturated heterocycles. The zero-order chi connectivity index (χ0) is 6.10. The number of hydrogen-bond donors (Lipinski definition) is 1. The molecule has 3 heteroatoms.